The van der Waals surface area contributed by atoms with Crippen LogP contribution in [0.15, 0.2) is 24.3 Å². The predicted molar refractivity (Wildman–Crippen MR) is 112 cm³/mol. The monoisotopic (exact) mass is 416 g/mol. The zero-order chi connectivity index (χ0) is 22.1. The molecule has 4 unspecified atom stereocenters. The van der Waals surface area contributed by atoms with Crippen molar-refractivity contribution in [2.75, 3.05) is 13.7 Å². The molecular formula is C23H32N2O5. The summed E-state index contributed by atoms with van der Waals surface area (Å²) in [5.41, 5.74) is -0.609. The van der Waals surface area contributed by atoms with Crippen molar-refractivity contribution in [2.24, 2.45) is 17.8 Å². The molecule has 0 bridgehead atoms. The Hall–Kier alpha value is -2.57. The lowest BCUT2D eigenvalue weighted by atomic mass is 9.75. The van der Waals surface area contributed by atoms with Crippen molar-refractivity contribution in [1.82, 2.24) is 10.2 Å². The normalized spacial score (nSPS) is 29.1. The maximum atomic E-state index is 13.0. The first-order valence-corrected chi connectivity index (χ1v) is 10.6. The Morgan fingerprint density at radius 3 is 2.50 bits per heavy atom. The minimum absolute atomic E-state index is 0.171. The van der Waals surface area contributed by atoms with Crippen molar-refractivity contribution in [1.29, 1.82) is 0 Å². The van der Waals surface area contributed by atoms with E-state index in [4.69, 9.17) is 9.47 Å². The van der Waals surface area contributed by atoms with Gasteiger partial charge in [0.15, 0.2) is 0 Å². The number of ether oxygens (including phenoxy) is 2. The lowest BCUT2D eigenvalue weighted by molar-refractivity contribution is -0.158. The van der Waals surface area contributed by atoms with Crippen LogP contribution in [0, 0.1) is 17.8 Å². The van der Waals surface area contributed by atoms with E-state index in [0.29, 0.717) is 29.1 Å². The van der Waals surface area contributed by atoms with Crippen LogP contribution in [0.25, 0.3) is 0 Å². The van der Waals surface area contributed by atoms with Crippen LogP contribution in [0.2, 0.25) is 0 Å². The van der Waals surface area contributed by atoms with Crippen LogP contribution in [0.3, 0.4) is 0 Å². The SMILES string of the molecule is COc1ccc(C2(C)NC(=O)N(CC(=O)OC3CC(C)CCC3C(C)C)C2=O)cc1. The minimum atomic E-state index is -1.23. The Balaban J connectivity index is 1.69. The van der Waals surface area contributed by atoms with E-state index in [1.165, 1.54) is 0 Å². The summed E-state index contributed by atoms with van der Waals surface area (Å²) in [6.45, 7) is 7.69. The largest absolute Gasteiger partial charge is 0.497 e. The molecule has 4 atom stereocenters. The zero-order valence-electron chi connectivity index (χ0n) is 18.4. The number of amides is 3. The number of urea groups is 1. The fourth-order valence-corrected chi connectivity index (χ4v) is 4.55. The molecule has 2 aliphatic rings. The average molecular weight is 417 g/mol. The van der Waals surface area contributed by atoms with Gasteiger partial charge in [-0.2, -0.15) is 0 Å². The summed E-state index contributed by atoms with van der Waals surface area (Å²) in [5.74, 6) is 0.853. The molecule has 7 heteroatoms. The van der Waals surface area contributed by atoms with Gasteiger partial charge < -0.3 is 14.8 Å². The van der Waals surface area contributed by atoms with Gasteiger partial charge in [-0.1, -0.05) is 39.3 Å². The van der Waals surface area contributed by atoms with Gasteiger partial charge in [0.1, 0.15) is 23.9 Å². The number of hydrogen-bond acceptors (Lipinski definition) is 5. The molecule has 0 aromatic heterocycles. The van der Waals surface area contributed by atoms with Crippen LogP contribution < -0.4 is 10.1 Å². The molecule has 1 heterocycles. The molecule has 2 fully saturated rings. The van der Waals surface area contributed by atoms with Crippen LogP contribution in [-0.2, 0) is 19.9 Å². The van der Waals surface area contributed by atoms with Crippen LogP contribution in [0.4, 0.5) is 4.79 Å². The standard InChI is InChI=1S/C23H32N2O5/c1-14(2)18-11-6-15(3)12-19(18)30-20(26)13-25-21(27)23(4,24-22(25)28)16-7-9-17(29-5)10-8-16/h7-10,14-15,18-19H,6,11-13H2,1-5H3,(H,24,28). The lowest BCUT2D eigenvalue weighted by Crippen LogP contribution is -2.43. The number of rotatable bonds is 6. The van der Waals surface area contributed by atoms with Crippen molar-refractivity contribution in [3.63, 3.8) is 0 Å². The van der Waals surface area contributed by atoms with Crippen molar-refractivity contribution in [3.05, 3.63) is 29.8 Å². The zero-order valence-corrected chi connectivity index (χ0v) is 18.4. The van der Waals surface area contributed by atoms with E-state index < -0.39 is 23.4 Å². The molecule has 0 radical (unpaired) electrons. The number of esters is 1. The second-order valence-corrected chi connectivity index (χ2v) is 9.03. The highest BCUT2D eigenvalue weighted by atomic mass is 16.5. The molecule has 30 heavy (non-hydrogen) atoms. The third-order valence-corrected chi connectivity index (χ3v) is 6.47. The van der Waals surface area contributed by atoms with Gasteiger partial charge in [-0.25, -0.2) is 4.79 Å². The molecule has 1 saturated carbocycles. The molecule has 1 aromatic rings. The number of imide groups is 1. The highest BCUT2D eigenvalue weighted by Gasteiger charge is 2.50. The second-order valence-electron chi connectivity index (χ2n) is 9.03. The number of hydrogen-bond donors (Lipinski definition) is 1. The van der Waals surface area contributed by atoms with Crippen molar-refractivity contribution < 1.29 is 23.9 Å². The Labute approximate surface area is 178 Å². The number of nitrogens with one attached hydrogen (secondary N) is 1. The van der Waals surface area contributed by atoms with Gasteiger partial charge in [0.05, 0.1) is 7.11 Å². The number of carbonyl (C=O) groups is 3. The summed E-state index contributed by atoms with van der Waals surface area (Å²) >= 11 is 0. The van der Waals surface area contributed by atoms with E-state index in [0.717, 1.165) is 24.2 Å². The van der Waals surface area contributed by atoms with Gasteiger partial charge in [-0.3, -0.25) is 14.5 Å². The molecule has 3 amide bonds. The van der Waals surface area contributed by atoms with Gasteiger partial charge in [0, 0.05) is 0 Å². The van der Waals surface area contributed by atoms with Crippen LogP contribution in [0.1, 0.15) is 52.5 Å². The predicted octanol–water partition coefficient (Wildman–Crippen LogP) is 3.47. The summed E-state index contributed by atoms with van der Waals surface area (Å²) in [6, 6.07) is 6.33. The highest BCUT2D eigenvalue weighted by Crippen LogP contribution is 2.36. The molecular weight excluding hydrogens is 384 g/mol. The summed E-state index contributed by atoms with van der Waals surface area (Å²) in [4.78, 5) is 39.2. The fraction of sp³-hybridized carbons (Fsp3) is 0.609. The van der Waals surface area contributed by atoms with Crippen LogP contribution in [-0.4, -0.2) is 42.6 Å². The van der Waals surface area contributed by atoms with Crippen molar-refractivity contribution in [2.45, 2.75) is 58.6 Å². The summed E-state index contributed by atoms with van der Waals surface area (Å²) in [6.07, 6.45) is 2.80. The summed E-state index contributed by atoms with van der Waals surface area (Å²) in [5, 5.41) is 2.72. The van der Waals surface area contributed by atoms with Gasteiger partial charge in [0.25, 0.3) is 5.91 Å². The van der Waals surface area contributed by atoms with E-state index in [1.807, 2.05) is 0 Å². The Bertz CT molecular complexity index is 806. The average Bonchev–Trinajstić information content (AvgIpc) is 2.92. The van der Waals surface area contributed by atoms with E-state index in [2.05, 4.69) is 26.1 Å². The molecule has 1 aromatic carbocycles. The second kappa shape index (κ2) is 8.66. The third kappa shape index (κ3) is 4.30. The van der Waals surface area contributed by atoms with Gasteiger partial charge in [0.2, 0.25) is 0 Å². The molecule has 3 rings (SSSR count). The van der Waals surface area contributed by atoms with E-state index >= 15 is 0 Å². The Kier molecular flexibility index (Phi) is 6.38. The molecule has 1 aliphatic carbocycles. The first kappa shape index (κ1) is 22.1. The Morgan fingerprint density at radius 2 is 1.90 bits per heavy atom. The fourth-order valence-electron chi connectivity index (χ4n) is 4.55. The van der Waals surface area contributed by atoms with Crippen LogP contribution in [0.5, 0.6) is 5.75 Å². The number of methoxy groups -OCH3 is 1. The van der Waals surface area contributed by atoms with Crippen molar-refractivity contribution in [3.8, 4) is 5.75 Å². The number of nitrogens with zero attached hydrogens (tertiary/aromatic N) is 1. The number of carbonyl (C=O) groups excluding carboxylic acids is 3. The molecule has 0 spiro atoms. The van der Waals surface area contributed by atoms with Crippen molar-refractivity contribution >= 4 is 17.9 Å². The maximum Gasteiger partial charge on any atom is 0.326 e. The smallest absolute Gasteiger partial charge is 0.326 e. The molecule has 1 N–H and O–H groups in total. The quantitative estimate of drug-likeness (QED) is 0.567. The van der Waals surface area contributed by atoms with E-state index in [9.17, 15) is 14.4 Å². The first-order valence-electron chi connectivity index (χ1n) is 10.6. The topological polar surface area (TPSA) is 84.9 Å². The molecule has 1 aliphatic heterocycles. The van der Waals surface area contributed by atoms with Gasteiger partial charge >= 0.3 is 12.0 Å². The van der Waals surface area contributed by atoms with Gasteiger partial charge in [-0.15, -0.1) is 0 Å². The van der Waals surface area contributed by atoms with Crippen LogP contribution >= 0.6 is 0 Å². The third-order valence-electron chi connectivity index (χ3n) is 6.47. The number of benzene rings is 1. The lowest BCUT2D eigenvalue weighted by Gasteiger charge is -2.36. The molecule has 7 nitrogen and oxygen atoms in total. The van der Waals surface area contributed by atoms with Gasteiger partial charge in [-0.05, 0) is 55.2 Å². The van der Waals surface area contributed by atoms with E-state index in [-0.39, 0.29) is 12.6 Å². The minimum Gasteiger partial charge on any atom is -0.497 e. The van der Waals surface area contributed by atoms with E-state index in [1.54, 1.807) is 38.3 Å². The first-order chi connectivity index (χ1) is 14.2. The summed E-state index contributed by atoms with van der Waals surface area (Å²) < 4.78 is 10.9. The Morgan fingerprint density at radius 1 is 1.23 bits per heavy atom. The summed E-state index contributed by atoms with van der Waals surface area (Å²) in [7, 11) is 1.56. The molecule has 164 valence electrons. The molecule has 1 saturated heterocycles. The highest BCUT2D eigenvalue weighted by molar-refractivity contribution is 6.08. The maximum absolute atomic E-state index is 13.0.